The smallest absolute Gasteiger partial charge is 0.335 e. The first-order valence-corrected chi connectivity index (χ1v) is 19.5. The van der Waals surface area contributed by atoms with E-state index < -0.39 is 11.9 Å². The van der Waals surface area contributed by atoms with Crippen LogP contribution in [0, 0.1) is 51.2 Å². The zero-order chi connectivity index (χ0) is 36.5. The number of rotatable bonds is 10. The average molecular weight is 689 g/mol. The van der Waals surface area contributed by atoms with Crippen LogP contribution in [0.3, 0.4) is 0 Å². The molecule has 50 heavy (non-hydrogen) atoms. The summed E-state index contributed by atoms with van der Waals surface area (Å²) in [6.45, 7) is 19.2. The molecule has 8 atom stereocenters. The molecule has 8 unspecified atom stereocenters. The predicted molar refractivity (Wildman–Crippen MR) is 201 cm³/mol. The summed E-state index contributed by atoms with van der Waals surface area (Å²) >= 11 is 0. The maximum Gasteiger partial charge on any atom is 0.335 e. The lowest BCUT2D eigenvalue weighted by molar-refractivity contribution is -0.181. The van der Waals surface area contributed by atoms with Gasteiger partial charge in [-0.2, -0.15) is 0 Å². The standard InChI is InChI=1S/C40H58N2O5.C3H6/c1-6-23-42(25-34(43)44)24-22-41-36(47)40-18-7-8-31(40)28-13-14-33-38(4,30(28)16-21-40)20-17-32-37(2,3)29(15-19-39(32,33)5)26-9-11-27(12-10-26)35(45)46;1-3-2/h9-12,15,28,30-33H,6-8,13-14,16-25H2,1-5H3,(H,41,47)(H,43,44)(H,45,46);3H,1H2,2H3. The number of allylic oxidation sites excluding steroid dienone is 3. The van der Waals surface area contributed by atoms with E-state index >= 15 is 0 Å². The number of hydrogen-bond acceptors (Lipinski definition) is 4. The Morgan fingerprint density at radius 1 is 0.900 bits per heavy atom. The molecule has 4 fully saturated rings. The number of hydrogen-bond donors (Lipinski definition) is 3. The van der Waals surface area contributed by atoms with Crippen LogP contribution in [0.2, 0.25) is 0 Å². The van der Waals surface area contributed by atoms with Gasteiger partial charge < -0.3 is 15.5 Å². The molecule has 6 rings (SSSR count). The minimum atomic E-state index is -0.881. The maximum absolute atomic E-state index is 14.0. The van der Waals surface area contributed by atoms with Crippen molar-refractivity contribution in [3.8, 4) is 0 Å². The minimum Gasteiger partial charge on any atom is -0.480 e. The Balaban J connectivity index is 0.00000156. The molecule has 1 aromatic rings. The Labute approximate surface area is 301 Å². The fourth-order valence-corrected chi connectivity index (χ4v) is 12.8. The van der Waals surface area contributed by atoms with Crippen molar-refractivity contribution in [1.29, 1.82) is 0 Å². The third-order valence-corrected chi connectivity index (χ3v) is 14.6. The lowest BCUT2D eigenvalue weighted by Crippen LogP contribution is -2.62. The van der Waals surface area contributed by atoms with Crippen LogP contribution in [0.1, 0.15) is 128 Å². The van der Waals surface area contributed by atoms with Crippen LogP contribution in [-0.4, -0.2) is 59.1 Å². The van der Waals surface area contributed by atoms with Gasteiger partial charge in [0.25, 0.3) is 0 Å². The van der Waals surface area contributed by atoms with Crippen LogP contribution in [0.15, 0.2) is 43.0 Å². The highest BCUT2D eigenvalue weighted by atomic mass is 16.4. The number of carbonyl (C=O) groups excluding carboxylic acids is 1. The molecule has 7 heteroatoms. The summed E-state index contributed by atoms with van der Waals surface area (Å²) < 4.78 is 0. The number of carboxylic acid groups (broad SMARTS) is 2. The summed E-state index contributed by atoms with van der Waals surface area (Å²) in [6.07, 6.45) is 16.6. The molecular weight excluding hydrogens is 624 g/mol. The number of carboxylic acids is 2. The van der Waals surface area contributed by atoms with E-state index in [0.717, 1.165) is 57.1 Å². The highest BCUT2D eigenvalue weighted by molar-refractivity contribution is 5.88. The number of carbonyl (C=O) groups is 3. The van der Waals surface area contributed by atoms with Gasteiger partial charge in [-0.05, 0) is 147 Å². The van der Waals surface area contributed by atoms with E-state index in [4.69, 9.17) is 0 Å². The molecule has 7 nitrogen and oxygen atoms in total. The fraction of sp³-hybridized carbons (Fsp3) is 0.698. The molecule has 0 aromatic heterocycles. The van der Waals surface area contributed by atoms with Crippen LogP contribution in [0.25, 0.3) is 5.57 Å². The second-order valence-corrected chi connectivity index (χ2v) is 17.5. The van der Waals surface area contributed by atoms with Crippen molar-refractivity contribution < 1.29 is 24.6 Å². The van der Waals surface area contributed by atoms with Crippen molar-refractivity contribution in [3.05, 3.63) is 54.1 Å². The Bertz CT molecular complexity index is 1450. The summed E-state index contributed by atoms with van der Waals surface area (Å²) in [7, 11) is 0. The molecule has 276 valence electrons. The summed E-state index contributed by atoms with van der Waals surface area (Å²) in [4.78, 5) is 38.8. The van der Waals surface area contributed by atoms with Crippen molar-refractivity contribution in [1.82, 2.24) is 10.2 Å². The molecule has 0 spiro atoms. The summed E-state index contributed by atoms with van der Waals surface area (Å²) in [5.41, 5.74) is 3.10. The number of aliphatic carboxylic acids is 1. The number of amides is 1. The summed E-state index contributed by atoms with van der Waals surface area (Å²) in [5.74, 6) is 1.49. The molecule has 0 bridgehead atoms. The van der Waals surface area contributed by atoms with Gasteiger partial charge in [0, 0.05) is 13.1 Å². The lowest BCUT2D eigenvalue weighted by Gasteiger charge is -2.68. The van der Waals surface area contributed by atoms with Crippen molar-refractivity contribution in [2.24, 2.45) is 51.2 Å². The zero-order valence-electron chi connectivity index (χ0n) is 31.7. The minimum absolute atomic E-state index is 0.00163. The highest BCUT2D eigenvalue weighted by Crippen LogP contribution is 2.73. The average Bonchev–Trinajstić information content (AvgIpc) is 3.51. The quantitative estimate of drug-likeness (QED) is 0.212. The molecule has 1 amide bonds. The largest absolute Gasteiger partial charge is 0.480 e. The highest BCUT2D eigenvalue weighted by Gasteiger charge is 2.66. The molecule has 0 saturated heterocycles. The van der Waals surface area contributed by atoms with Crippen molar-refractivity contribution >= 4 is 23.4 Å². The van der Waals surface area contributed by atoms with Gasteiger partial charge in [0.05, 0.1) is 17.5 Å². The number of nitrogens with one attached hydrogen (secondary N) is 1. The first-order chi connectivity index (χ1) is 23.7. The van der Waals surface area contributed by atoms with E-state index in [9.17, 15) is 24.6 Å². The Morgan fingerprint density at radius 2 is 1.60 bits per heavy atom. The number of aromatic carboxylic acids is 1. The zero-order valence-corrected chi connectivity index (χ0v) is 31.7. The Kier molecular flexibility index (Phi) is 11.5. The molecule has 5 aliphatic rings. The normalized spacial score (nSPS) is 35.2. The molecule has 3 N–H and O–H groups in total. The van der Waals surface area contributed by atoms with Gasteiger partial charge in [-0.1, -0.05) is 65.3 Å². The first-order valence-electron chi connectivity index (χ1n) is 19.5. The van der Waals surface area contributed by atoms with Gasteiger partial charge >= 0.3 is 11.9 Å². The molecule has 0 aliphatic heterocycles. The Morgan fingerprint density at radius 3 is 2.24 bits per heavy atom. The van der Waals surface area contributed by atoms with E-state index in [1.165, 1.54) is 31.3 Å². The topological polar surface area (TPSA) is 107 Å². The fourth-order valence-electron chi connectivity index (χ4n) is 12.8. The van der Waals surface area contributed by atoms with Crippen LogP contribution in [0.5, 0.6) is 0 Å². The van der Waals surface area contributed by atoms with Gasteiger partial charge in [-0.25, -0.2) is 4.79 Å². The van der Waals surface area contributed by atoms with Gasteiger partial charge in [0.2, 0.25) is 5.91 Å². The van der Waals surface area contributed by atoms with E-state index in [1.807, 2.05) is 24.0 Å². The van der Waals surface area contributed by atoms with Crippen LogP contribution in [0.4, 0.5) is 0 Å². The van der Waals surface area contributed by atoms with E-state index in [0.29, 0.717) is 48.2 Å². The van der Waals surface area contributed by atoms with Gasteiger partial charge in [0.15, 0.2) is 0 Å². The SMILES string of the molecule is C=CC.CCCN(CCNC(=O)C12CCCC1C1CCC3C(C)(CCC4C(C)(C)C(c5ccc(C(=O)O)cc5)=CCC43C)C1CC2)CC(=O)O. The number of benzene rings is 1. The molecule has 1 aromatic carbocycles. The van der Waals surface area contributed by atoms with Crippen molar-refractivity contribution in [3.63, 3.8) is 0 Å². The van der Waals surface area contributed by atoms with Gasteiger partial charge in [-0.3, -0.25) is 14.5 Å². The van der Waals surface area contributed by atoms with Gasteiger partial charge in [-0.15, -0.1) is 6.58 Å². The molecular formula is C43H64N2O5. The third kappa shape index (κ3) is 6.73. The monoisotopic (exact) mass is 688 g/mol. The maximum atomic E-state index is 14.0. The van der Waals surface area contributed by atoms with Gasteiger partial charge in [0.1, 0.15) is 0 Å². The number of fused-ring (bicyclic) bond motifs is 7. The van der Waals surface area contributed by atoms with E-state index in [2.05, 4.69) is 52.6 Å². The second-order valence-electron chi connectivity index (χ2n) is 17.5. The van der Waals surface area contributed by atoms with E-state index in [-0.39, 0.29) is 34.1 Å². The summed E-state index contributed by atoms with van der Waals surface area (Å²) in [5, 5.41) is 22.0. The van der Waals surface area contributed by atoms with Crippen LogP contribution in [-0.2, 0) is 9.59 Å². The van der Waals surface area contributed by atoms with Crippen molar-refractivity contribution in [2.75, 3.05) is 26.2 Å². The molecule has 4 saturated carbocycles. The molecule has 0 heterocycles. The second kappa shape index (κ2) is 15.0. The predicted octanol–water partition coefficient (Wildman–Crippen LogP) is 8.95. The molecule has 5 aliphatic carbocycles. The van der Waals surface area contributed by atoms with E-state index in [1.54, 1.807) is 18.2 Å². The lowest BCUT2D eigenvalue weighted by atomic mass is 9.36. The van der Waals surface area contributed by atoms with Crippen molar-refractivity contribution in [2.45, 2.75) is 112 Å². The third-order valence-electron chi connectivity index (χ3n) is 14.6. The van der Waals surface area contributed by atoms with Crippen LogP contribution >= 0.6 is 0 Å². The first kappa shape index (κ1) is 38.3. The summed E-state index contributed by atoms with van der Waals surface area (Å²) in [6, 6.07) is 7.49. The number of nitrogens with zero attached hydrogens (tertiary/aromatic N) is 1. The van der Waals surface area contributed by atoms with Crippen LogP contribution < -0.4 is 5.32 Å². The Hall–Kier alpha value is -2.93. The molecule has 0 radical (unpaired) electrons.